The molecule has 1 unspecified atom stereocenters. The molecule has 0 aliphatic heterocycles. The van der Waals surface area contributed by atoms with Crippen LogP contribution in [-0.4, -0.2) is 10.9 Å². The van der Waals surface area contributed by atoms with Gasteiger partial charge in [-0.3, -0.25) is 4.79 Å². The second-order valence-electron chi connectivity index (χ2n) is 3.59. The summed E-state index contributed by atoms with van der Waals surface area (Å²) in [6, 6.07) is 4.33. The third-order valence-corrected chi connectivity index (χ3v) is 2.70. The zero-order valence-corrected chi connectivity index (χ0v) is 7.66. The molecule has 0 saturated heterocycles. The second-order valence-corrected chi connectivity index (χ2v) is 3.59. The van der Waals surface area contributed by atoms with E-state index in [-0.39, 0.29) is 17.5 Å². The molecule has 0 aromatic heterocycles. The average Bonchev–Trinajstić information content (AvgIpc) is 2.57. The molecular weight excluding hydrogens is 183 g/mol. The molecule has 1 N–H and O–H groups in total. The third-order valence-electron chi connectivity index (χ3n) is 2.70. The highest BCUT2D eigenvalue weighted by Crippen LogP contribution is 2.36. The number of Topliss-reactive ketones (excluding diaryl/α,β-unsaturated/α-hetero) is 1. The number of para-hydroxylation sites is 1. The Morgan fingerprint density at radius 2 is 2.21 bits per heavy atom. The first-order valence-electron chi connectivity index (χ1n) is 4.70. The van der Waals surface area contributed by atoms with Gasteiger partial charge in [0.2, 0.25) is 0 Å². The van der Waals surface area contributed by atoms with Crippen LogP contribution in [-0.2, 0) is 4.79 Å². The highest BCUT2D eigenvalue weighted by molar-refractivity contribution is 5.88. The summed E-state index contributed by atoms with van der Waals surface area (Å²) in [6.45, 7) is 0. The van der Waals surface area contributed by atoms with Crippen molar-refractivity contribution < 1.29 is 14.3 Å². The molecule has 0 bridgehead atoms. The van der Waals surface area contributed by atoms with Gasteiger partial charge in [-0.05, 0) is 18.9 Å². The zero-order chi connectivity index (χ0) is 10.1. The van der Waals surface area contributed by atoms with E-state index < -0.39 is 5.82 Å². The van der Waals surface area contributed by atoms with Crippen LogP contribution in [0.25, 0.3) is 0 Å². The number of ketones is 1. The van der Waals surface area contributed by atoms with Gasteiger partial charge in [0.1, 0.15) is 5.78 Å². The Hall–Kier alpha value is -1.38. The Labute approximate surface area is 81.4 Å². The fourth-order valence-electron chi connectivity index (χ4n) is 1.96. The molecule has 2 nitrogen and oxygen atoms in total. The van der Waals surface area contributed by atoms with Crippen LogP contribution in [0.1, 0.15) is 30.7 Å². The van der Waals surface area contributed by atoms with Crippen molar-refractivity contribution in [2.24, 2.45) is 0 Å². The van der Waals surface area contributed by atoms with E-state index in [1.807, 2.05) is 0 Å². The second kappa shape index (κ2) is 3.40. The van der Waals surface area contributed by atoms with Gasteiger partial charge in [0.05, 0.1) is 0 Å². The summed E-state index contributed by atoms with van der Waals surface area (Å²) in [6.07, 6.45) is 2.09. The van der Waals surface area contributed by atoms with E-state index in [1.54, 1.807) is 6.07 Å². The molecule has 1 saturated carbocycles. The molecule has 1 aliphatic carbocycles. The first kappa shape index (κ1) is 9.19. The van der Waals surface area contributed by atoms with Crippen LogP contribution in [0.4, 0.5) is 4.39 Å². The van der Waals surface area contributed by atoms with Crippen LogP contribution >= 0.6 is 0 Å². The Bertz CT molecular complexity index is 374. The van der Waals surface area contributed by atoms with Crippen LogP contribution < -0.4 is 0 Å². The Morgan fingerprint density at radius 3 is 2.86 bits per heavy atom. The highest BCUT2D eigenvalue weighted by atomic mass is 19.1. The topological polar surface area (TPSA) is 37.3 Å². The molecule has 1 aliphatic rings. The molecule has 3 heteroatoms. The maximum Gasteiger partial charge on any atom is 0.165 e. The Morgan fingerprint density at radius 1 is 1.43 bits per heavy atom. The lowest BCUT2D eigenvalue weighted by Gasteiger charge is -2.10. The zero-order valence-electron chi connectivity index (χ0n) is 7.66. The largest absolute Gasteiger partial charge is 0.505 e. The quantitative estimate of drug-likeness (QED) is 0.745. The smallest absolute Gasteiger partial charge is 0.165 e. The maximum atomic E-state index is 13.0. The maximum absolute atomic E-state index is 13.0. The van der Waals surface area contributed by atoms with E-state index in [1.165, 1.54) is 12.1 Å². The number of aromatic hydroxyl groups is 1. The molecule has 2 rings (SSSR count). The van der Waals surface area contributed by atoms with E-state index in [9.17, 15) is 14.3 Å². The molecule has 0 radical (unpaired) electrons. The molecule has 0 spiro atoms. The SMILES string of the molecule is O=C1CCCC1c1cccc(F)c1O. The van der Waals surface area contributed by atoms with Gasteiger partial charge in [-0.2, -0.15) is 0 Å². The fraction of sp³-hybridized carbons (Fsp3) is 0.364. The van der Waals surface area contributed by atoms with Crippen LogP contribution in [0, 0.1) is 5.82 Å². The summed E-state index contributed by atoms with van der Waals surface area (Å²) in [5.41, 5.74) is 0.438. The number of carbonyl (C=O) groups excluding carboxylic acids is 1. The van der Waals surface area contributed by atoms with Crippen molar-refractivity contribution in [3.8, 4) is 5.75 Å². The van der Waals surface area contributed by atoms with E-state index in [2.05, 4.69) is 0 Å². The summed E-state index contributed by atoms with van der Waals surface area (Å²) in [4.78, 5) is 11.4. The van der Waals surface area contributed by atoms with Gasteiger partial charge in [0.25, 0.3) is 0 Å². The molecule has 1 fully saturated rings. The van der Waals surface area contributed by atoms with Gasteiger partial charge in [0.15, 0.2) is 11.6 Å². The van der Waals surface area contributed by atoms with Crippen molar-refractivity contribution >= 4 is 5.78 Å². The molecular formula is C11H11FO2. The first-order valence-corrected chi connectivity index (χ1v) is 4.70. The molecule has 14 heavy (non-hydrogen) atoms. The minimum Gasteiger partial charge on any atom is -0.505 e. The van der Waals surface area contributed by atoms with Crippen molar-refractivity contribution in [3.05, 3.63) is 29.6 Å². The number of phenols is 1. The number of phenolic OH excluding ortho intramolecular Hbond substituents is 1. The Kier molecular flexibility index (Phi) is 2.23. The summed E-state index contributed by atoms with van der Waals surface area (Å²) in [7, 11) is 0. The van der Waals surface area contributed by atoms with Gasteiger partial charge in [-0.15, -0.1) is 0 Å². The van der Waals surface area contributed by atoms with Gasteiger partial charge >= 0.3 is 0 Å². The van der Waals surface area contributed by atoms with Gasteiger partial charge < -0.3 is 5.11 Å². The van der Waals surface area contributed by atoms with E-state index in [4.69, 9.17) is 0 Å². The van der Waals surface area contributed by atoms with Crippen molar-refractivity contribution in [2.75, 3.05) is 0 Å². The summed E-state index contributed by atoms with van der Waals surface area (Å²) in [5, 5.41) is 9.45. The molecule has 0 heterocycles. The summed E-state index contributed by atoms with van der Waals surface area (Å²) < 4.78 is 13.0. The average molecular weight is 194 g/mol. The van der Waals surface area contributed by atoms with Gasteiger partial charge in [-0.25, -0.2) is 4.39 Å². The summed E-state index contributed by atoms with van der Waals surface area (Å²) in [5.74, 6) is -1.22. The monoisotopic (exact) mass is 194 g/mol. The van der Waals surface area contributed by atoms with Crippen molar-refractivity contribution in [2.45, 2.75) is 25.2 Å². The van der Waals surface area contributed by atoms with E-state index in [0.717, 1.165) is 12.8 Å². The predicted octanol–water partition coefficient (Wildman–Crippen LogP) is 2.37. The van der Waals surface area contributed by atoms with Crippen molar-refractivity contribution in [1.29, 1.82) is 0 Å². The number of benzene rings is 1. The van der Waals surface area contributed by atoms with Crippen LogP contribution in [0.3, 0.4) is 0 Å². The minimum atomic E-state index is -0.651. The minimum absolute atomic E-state index is 0.103. The fourth-order valence-corrected chi connectivity index (χ4v) is 1.96. The third kappa shape index (κ3) is 1.39. The van der Waals surface area contributed by atoms with Crippen LogP contribution in [0.2, 0.25) is 0 Å². The van der Waals surface area contributed by atoms with Gasteiger partial charge in [-0.1, -0.05) is 12.1 Å². The lowest BCUT2D eigenvalue weighted by atomic mass is 9.96. The first-order chi connectivity index (χ1) is 6.70. The predicted molar refractivity (Wildman–Crippen MR) is 49.7 cm³/mol. The number of hydrogen-bond acceptors (Lipinski definition) is 2. The lowest BCUT2D eigenvalue weighted by molar-refractivity contribution is -0.118. The molecule has 1 atom stereocenters. The standard InChI is InChI=1S/C11H11FO2/c12-9-5-1-4-8(11(9)14)7-3-2-6-10(7)13/h1,4-5,7,14H,2-3,6H2. The summed E-state index contributed by atoms with van der Waals surface area (Å²) >= 11 is 0. The molecule has 1 aromatic rings. The van der Waals surface area contributed by atoms with E-state index in [0.29, 0.717) is 12.0 Å². The highest BCUT2D eigenvalue weighted by Gasteiger charge is 2.28. The van der Waals surface area contributed by atoms with Crippen molar-refractivity contribution in [3.63, 3.8) is 0 Å². The molecule has 74 valence electrons. The Balaban J connectivity index is 2.41. The van der Waals surface area contributed by atoms with Gasteiger partial charge in [0, 0.05) is 17.9 Å². The number of halogens is 1. The molecule has 0 amide bonds. The van der Waals surface area contributed by atoms with E-state index >= 15 is 0 Å². The lowest BCUT2D eigenvalue weighted by Crippen LogP contribution is -2.04. The number of rotatable bonds is 1. The molecule has 1 aromatic carbocycles. The normalized spacial score (nSPS) is 21.5. The number of hydrogen-bond donors (Lipinski definition) is 1. The van der Waals surface area contributed by atoms with Crippen molar-refractivity contribution in [1.82, 2.24) is 0 Å². The van der Waals surface area contributed by atoms with Crippen LogP contribution in [0.5, 0.6) is 5.75 Å². The van der Waals surface area contributed by atoms with Crippen LogP contribution in [0.15, 0.2) is 18.2 Å². The number of carbonyl (C=O) groups is 1.